The number of aliphatic hydroxyl groups excluding tert-OH is 1. The molecule has 4 N–H and O–H groups in total. The molecule has 0 amide bonds. The molecule has 0 spiro atoms. The minimum atomic E-state index is -1.30. The lowest BCUT2D eigenvalue weighted by Crippen LogP contribution is -2.56. The van der Waals surface area contributed by atoms with E-state index in [1.807, 2.05) is 20.8 Å². The van der Waals surface area contributed by atoms with E-state index in [4.69, 9.17) is 5.73 Å². The number of aliphatic hydroxyl groups is 2. The summed E-state index contributed by atoms with van der Waals surface area (Å²) in [4.78, 5) is 0. The first-order chi connectivity index (χ1) is 5.66. The van der Waals surface area contributed by atoms with Crippen LogP contribution in [-0.2, 0) is 0 Å². The fourth-order valence-corrected chi connectivity index (χ4v) is 1.80. The van der Waals surface area contributed by atoms with Gasteiger partial charge in [0.1, 0.15) is 5.72 Å². The van der Waals surface area contributed by atoms with Gasteiger partial charge < -0.3 is 15.9 Å². The second kappa shape index (κ2) is 4.17. The topological polar surface area (TPSA) is 66.5 Å². The van der Waals surface area contributed by atoms with Crippen LogP contribution in [0.1, 0.15) is 34.1 Å². The van der Waals surface area contributed by atoms with Crippen molar-refractivity contribution in [2.24, 2.45) is 17.1 Å². The Kier molecular flexibility index (Phi) is 4.24. The Hall–Kier alpha value is 0.230. The molecule has 0 radical (unpaired) electrons. The molecular weight excluding hydrogens is 186 g/mol. The summed E-state index contributed by atoms with van der Waals surface area (Å²) >= 11 is 3.96. The first-order valence-electron chi connectivity index (χ1n) is 4.54. The number of nitrogens with two attached hydrogens (primary N) is 1. The number of thiol groups is 1. The highest BCUT2D eigenvalue weighted by Crippen LogP contribution is 2.41. The Bertz CT molecular complexity index is 167. The zero-order valence-corrected chi connectivity index (χ0v) is 9.68. The molecular formula is C9H21NO2S. The van der Waals surface area contributed by atoms with E-state index in [0.717, 1.165) is 0 Å². The van der Waals surface area contributed by atoms with Crippen molar-refractivity contribution in [1.29, 1.82) is 0 Å². The first-order valence-corrected chi connectivity index (χ1v) is 5.06. The van der Waals surface area contributed by atoms with E-state index in [-0.39, 0.29) is 5.92 Å². The third-order valence-corrected chi connectivity index (χ3v) is 3.79. The highest BCUT2D eigenvalue weighted by Gasteiger charge is 2.45. The standard InChI is InChI=1S/C9H21NO2S/c1-5-8(3,9(4,10)12)6(2)7(11)13/h6-7,11-13H,5,10H2,1-4H3. The number of hydrogen-bond donors (Lipinski definition) is 4. The second-order valence-corrected chi connectivity index (χ2v) is 4.65. The predicted molar refractivity (Wildman–Crippen MR) is 57.4 cm³/mol. The molecule has 0 aliphatic rings. The molecule has 0 aromatic rings. The van der Waals surface area contributed by atoms with Crippen molar-refractivity contribution in [2.75, 3.05) is 0 Å². The summed E-state index contributed by atoms with van der Waals surface area (Å²) in [5.41, 5.74) is 3.08. The lowest BCUT2D eigenvalue weighted by Gasteiger charge is -2.45. The van der Waals surface area contributed by atoms with Crippen LogP contribution in [0.4, 0.5) is 0 Å². The Morgan fingerprint density at radius 3 is 1.92 bits per heavy atom. The number of rotatable bonds is 4. The van der Waals surface area contributed by atoms with Crippen LogP contribution in [-0.4, -0.2) is 21.4 Å². The Balaban J connectivity index is 4.84. The largest absolute Gasteiger partial charge is 0.382 e. The van der Waals surface area contributed by atoms with E-state index in [1.165, 1.54) is 0 Å². The summed E-state index contributed by atoms with van der Waals surface area (Å²) in [6.45, 7) is 7.19. The molecule has 4 unspecified atom stereocenters. The highest BCUT2D eigenvalue weighted by atomic mass is 32.1. The van der Waals surface area contributed by atoms with E-state index in [1.54, 1.807) is 6.92 Å². The quantitative estimate of drug-likeness (QED) is 0.410. The molecule has 80 valence electrons. The summed E-state index contributed by atoms with van der Waals surface area (Å²) in [7, 11) is 0. The molecule has 0 bridgehead atoms. The molecule has 0 rings (SSSR count). The SMILES string of the molecule is CCC(C)(C(C)C(O)S)C(C)(N)O. The van der Waals surface area contributed by atoms with Crippen LogP contribution in [0.3, 0.4) is 0 Å². The van der Waals surface area contributed by atoms with Crippen molar-refractivity contribution < 1.29 is 10.2 Å². The van der Waals surface area contributed by atoms with Gasteiger partial charge in [-0.25, -0.2) is 0 Å². The molecule has 0 aromatic heterocycles. The molecule has 0 aliphatic heterocycles. The van der Waals surface area contributed by atoms with Gasteiger partial charge in [0.05, 0.1) is 5.44 Å². The van der Waals surface area contributed by atoms with E-state index in [0.29, 0.717) is 6.42 Å². The maximum atomic E-state index is 9.79. The molecule has 0 fully saturated rings. The van der Waals surface area contributed by atoms with Crippen LogP contribution in [0.25, 0.3) is 0 Å². The fraction of sp³-hybridized carbons (Fsp3) is 1.00. The smallest absolute Gasteiger partial charge is 0.116 e. The van der Waals surface area contributed by atoms with Crippen molar-refractivity contribution in [3.05, 3.63) is 0 Å². The molecule has 0 saturated carbocycles. The van der Waals surface area contributed by atoms with Crippen molar-refractivity contribution in [1.82, 2.24) is 0 Å². The number of hydrogen-bond acceptors (Lipinski definition) is 4. The van der Waals surface area contributed by atoms with Crippen molar-refractivity contribution >= 4 is 12.6 Å². The fourth-order valence-electron chi connectivity index (χ4n) is 1.47. The van der Waals surface area contributed by atoms with E-state index >= 15 is 0 Å². The van der Waals surface area contributed by atoms with Gasteiger partial charge in [0.15, 0.2) is 0 Å². The molecule has 4 heteroatoms. The van der Waals surface area contributed by atoms with Crippen LogP contribution in [0.2, 0.25) is 0 Å². The molecule has 4 atom stereocenters. The predicted octanol–water partition coefficient (Wildman–Crippen LogP) is 0.954. The minimum absolute atomic E-state index is 0.166. The monoisotopic (exact) mass is 207 g/mol. The molecule has 0 saturated heterocycles. The normalized spacial score (nSPS) is 25.8. The minimum Gasteiger partial charge on any atom is -0.382 e. The van der Waals surface area contributed by atoms with Gasteiger partial charge >= 0.3 is 0 Å². The van der Waals surface area contributed by atoms with Gasteiger partial charge in [0, 0.05) is 11.3 Å². The van der Waals surface area contributed by atoms with Gasteiger partial charge in [-0.05, 0) is 13.3 Å². The Labute approximate surface area is 85.7 Å². The average molecular weight is 207 g/mol. The summed E-state index contributed by atoms with van der Waals surface area (Å²) in [6, 6.07) is 0. The van der Waals surface area contributed by atoms with Gasteiger partial charge in [-0.3, -0.25) is 0 Å². The van der Waals surface area contributed by atoms with Gasteiger partial charge in [-0.2, -0.15) is 0 Å². The van der Waals surface area contributed by atoms with E-state index in [2.05, 4.69) is 12.6 Å². The van der Waals surface area contributed by atoms with Crippen LogP contribution < -0.4 is 5.73 Å². The highest BCUT2D eigenvalue weighted by molar-refractivity contribution is 7.80. The summed E-state index contributed by atoms with van der Waals surface area (Å²) < 4.78 is 0. The zero-order valence-electron chi connectivity index (χ0n) is 8.78. The molecule has 0 aromatic carbocycles. The maximum absolute atomic E-state index is 9.79. The Morgan fingerprint density at radius 2 is 1.85 bits per heavy atom. The average Bonchev–Trinajstić information content (AvgIpc) is 1.99. The lowest BCUT2D eigenvalue weighted by molar-refractivity contribution is -0.102. The summed E-state index contributed by atoms with van der Waals surface area (Å²) in [5, 5.41) is 19.1. The van der Waals surface area contributed by atoms with Crippen LogP contribution in [0.15, 0.2) is 0 Å². The van der Waals surface area contributed by atoms with Gasteiger partial charge in [-0.15, -0.1) is 12.6 Å². The molecule has 3 nitrogen and oxygen atoms in total. The molecule has 0 aliphatic carbocycles. The van der Waals surface area contributed by atoms with Gasteiger partial charge in [0.2, 0.25) is 0 Å². The molecule has 13 heavy (non-hydrogen) atoms. The first kappa shape index (κ1) is 13.2. The van der Waals surface area contributed by atoms with E-state index in [9.17, 15) is 10.2 Å². The van der Waals surface area contributed by atoms with Crippen LogP contribution in [0, 0.1) is 11.3 Å². The van der Waals surface area contributed by atoms with Crippen LogP contribution >= 0.6 is 12.6 Å². The summed E-state index contributed by atoms with van der Waals surface area (Å²) in [5.74, 6) is -0.166. The van der Waals surface area contributed by atoms with Crippen molar-refractivity contribution in [3.8, 4) is 0 Å². The van der Waals surface area contributed by atoms with Crippen molar-refractivity contribution in [3.63, 3.8) is 0 Å². The van der Waals surface area contributed by atoms with Gasteiger partial charge in [0.25, 0.3) is 0 Å². The maximum Gasteiger partial charge on any atom is 0.116 e. The lowest BCUT2D eigenvalue weighted by atomic mass is 9.69. The zero-order chi connectivity index (χ0) is 10.9. The molecule has 0 heterocycles. The summed E-state index contributed by atoms with van der Waals surface area (Å²) in [6.07, 6.45) is 0.690. The second-order valence-electron chi connectivity index (χ2n) is 4.12. The third-order valence-electron chi connectivity index (χ3n) is 3.34. The van der Waals surface area contributed by atoms with Crippen molar-refractivity contribution in [2.45, 2.75) is 45.3 Å². The Morgan fingerprint density at radius 1 is 1.46 bits per heavy atom. The van der Waals surface area contributed by atoms with E-state index < -0.39 is 16.6 Å². The third kappa shape index (κ3) is 2.59. The van der Waals surface area contributed by atoms with Crippen LogP contribution in [0.5, 0.6) is 0 Å². The van der Waals surface area contributed by atoms with Gasteiger partial charge in [-0.1, -0.05) is 20.8 Å².